The molecule has 6 heteroatoms. The van der Waals surface area contributed by atoms with Gasteiger partial charge in [0.15, 0.2) is 11.5 Å². The first-order chi connectivity index (χ1) is 13.8. The smallest absolute Gasteiger partial charge is 0.315 e. The summed E-state index contributed by atoms with van der Waals surface area (Å²) >= 11 is 0. The van der Waals surface area contributed by atoms with Crippen LogP contribution in [0.4, 0.5) is 4.79 Å². The molecular formula is C23H30N2O4. The van der Waals surface area contributed by atoms with Crippen LogP contribution in [-0.2, 0) is 17.9 Å². The molecule has 2 aromatic rings. The second-order valence-electron chi connectivity index (χ2n) is 8.17. The third-order valence-electron chi connectivity index (χ3n) is 4.53. The van der Waals surface area contributed by atoms with Gasteiger partial charge in [0.1, 0.15) is 13.2 Å². The van der Waals surface area contributed by atoms with Gasteiger partial charge in [-0.3, -0.25) is 0 Å². The minimum Gasteiger partial charge on any atom is -0.486 e. The summed E-state index contributed by atoms with van der Waals surface area (Å²) in [5.41, 5.74) is 2.90. The molecule has 0 saturated carbocycles. The molecule has 2 aromatic carbocycles. The zero-order valence-electron chi connectivity index (χ0n) is 17.6. The topological polar surface area (TPSA) is 68.8 Å². The highest BCUT2D eigenvalue weighted by Gasteiger charge is 2.16. The average Bonchev–Trinajstić information content (AvgIpc) is 2.70. The van der Waals surface area contributed by atoms with Crippen LogP contribution in [0.1, 0.15) is 50.4 Å². The highest BCUT2D eigenvalue weighted by Crippen LogP contribution is 2.32. The Labute approximate surface area is 172 Å². The van der Waals surface area contributed by atoms with Gasteiger partial charge >= 0.3 is 6.03 Å². The van der Waals surface area contributed by atoms with Gasteiger partial charge in [-0.05, 0) is 56.5 Å². The molecule has 2 amide bonds. The first-order valence-electron chi connectivity index (χ1n) is 9.96. The van der Waals surface area contributed by atoms with Crippen LogP contribution in [0.3, 0.4) is 0 Å². The molecule has 0 spiro atoms. The number of carbonyl (C=O) groups is 1. The van der Waals surface area contributed by atoms with Crippen molar-refractivity contribution >= 4 is 6.03 Å². The van der Waals surface area contributed by atoms with E-state index in [-0.39, 0.29) is 17.7 Å². The molecule has 29 heavy (non-hydrogen) atoms. The molecule has 0 radical (unpaired) electrons. The van der Waals surface area contributed by atoms with E-state index >= 15 is 0 Å². The molecule has 1 heterocycles. The Kier molecular flexibility index (Phi) is 6.64. The molecule has 156 valence electrons. The lowest BCUT2D eigenvalue weighted by Gasteiger charge is -2.21. The van der Waals surface area contributed by atoms with E-state index in [2.05, 4.69) is 16.7 Å². The number of ether oxygens (including phenoxy) is 3. The summed E-state index contributed by atoms with van der Waals surface area (Å²) in [5, 5.41) is 5.88. The number of hydrogen-bond acceptors (Lipinski definition) is 4. The first-order valence-corrected chi connectivity index (χ1v) is 9.96. The largest absolute Gasteiger partial charge is 0.486 e. The predicted molar refractivity (Wildman–Crippen MR) is 112 cm³/mol. The normalized spacial score (nSPS) is 14.2. The number of urea groups is 1. The molecule has 1 aliphatic heterocycles. The van der Waals surface area contributed by atoms with Gasteiger partial charge < -0.3 is 24.8 Å². The SMILES string of the molecule is CC(NC(=O)NCc1cccc(COC(C)(C)C)c1)c1ccc2c(c1)OCCO2. The number of carbonyl (C=O) groups excluding carboxylic acids is 1. The summed E-state index contributed by atoms with van der Waals surface area (Å²) < 4.78 is 17.0. The average molecular weight is 399 g/mol. The van der Waals surface area contributed by atoms with E-state index in [1.807, 2.05) is 64.1 Å². The van der Waals surface area contributed by atoms with Crippen LogP contribution in [0.15, 0.2) is 42.5 Å². The zero-order chi connectivity index (χ0) is 20.9. The maximum absolute atomic E-state index is 12.3. The van der Waals surface area contributed by atoms with Crippen molar-refractivity contribution in [3.05, 3.63) is 59.2 Å². The zero-order valence-corrected chi connectivity index (χ0v) is 17.6. The number of nitrogens with one attached hydrogen (secondary N) is 2. The van der Waals surface area contributed by atoms with E-state index in [1.165, 1.54) is 0 Å². The number of hydrogen-bond donors (Lipinski definition) is 2. The van der Waals surface area contributed by atoms with Crippen LogP contribution in [-0.4, -0.2) is 24.8 Å². The quantitative estimate of drug-likeness (QED) is 0.760. The van der Waals surface area contributed by atoms with Gasteiger partial charge in [-0.2, -0.15) is 0 Å². The van der Waals surface area contributed by atoms with Gasteiger partial charge in [0.25, 0.3) is 0 Å². The van der Waals surface area contributed by atoms with Crippen LogP contribution in [0.25, 0.3) is 0 Å². The Morgan fingerprint density at radius 1 is 1.07 bits per heavy atom. The molecule has 0 bridgehead atoms. The van der Waals surface area contributed by atoms with Gasteiger partial charge in [0, 0.05) is 6.54 Å². The second kappa shape index (κ2) is 9.18. The number of amides is 2. The lowest BCUT2D eigenvalue weighted by Crippen LogP contribution is -2.36. The molecule has 2 N–H and O–H groups in total. The lowest BCUT2D eigenvalue weighted by molar-refractivity contribution is -0.0149. The van der Waals surface area contributed by atoms with Crippen molar-refractivity contribution in [3.63, 3.8) is 0 Å². The molecule has 1 unspecified atom stereocenters. The minimum absolute atomic E-state index is 0.155. The van der Waals surface area contributed by atoms with Crippen molar-refractivity contribution in [1.82, 2.24) is 10.6 Å². The number of rotatable bonds is 6. The third kappa shape index (κ3) is 6.39. The van der Waals surface area contributed by atoms with Crippen LogP contribution in [0.5, 0.6) is 11.5 Å². The summed E-state index contributed by atoms with van der Waals surface area (Å²) in [4.78, 5) is 12.3. The molecule has 0 saturated heterocycles. The standard InChI is InChI=1S/C23H30N2O4/c1-16(19-8-9-20-21(13-19)28-11-10-27-20)25-22(26)24-14-17-6-5-7-18(12-17)15-29-23(2,3)4/h5-9,12-13,16H,10-11,14-15H2,1-4H3,(H2,24,25,26). The summed E-state index contributed by atoms with van der Waals surface area (Å²) in [5.74, 6) is 1.46. The van der Waals surface area contributed by atoms with E-state index in [9.17, 15) is 4.79 Å². The summed E-state index contributed by atoms with van der Waals surface area (Å²) in [6.45, 7) is 10.1. The molecule has 0 fully saturated rings. The van der Waals surface area contributed by atoms with E-state index in [0.717, 1.165) is 28.2 Å². The Hall–Kier alpha value is -2.73. The molecule has 1 aliphatic rings. The maximum atomic E-state index is 12.3. The Morgan fingerprint density at radius 3 is 2.55 bits per heavy atom. The monoisotopic (exact) mass is 398 g/mol. The lowest BCUT2D eigenvalue weighted by atomic mass is 10.1. The Morgan fingerprint density at radius 2 is 1.79 bits per heavy atom. The molecule has 6 nitrogen and oxygen atoms in total. The van der Waals surface area contributed by atoms with Gasteiger partial charge in [0.05, 0.1) is 18.2 Å². The van der Waals surface area contributed by atoms with Crippen molar-refractivity contribution in [2.45, 2.75) is 52.5 Å². The fourth-order valence-corrected chi connectivity index (χ4v) is 2.97. The van der Waals surface area contributed by atoms with Crippen LogP contribution >= 0.6 is 0 Å². The van der Waals surface area contributed by atoms with Gasteiger partial charge in [-0.15, -0.1) is 0 Å². The van der Waals surface area contributed by atoms with E-state index in [0.29, 0.717) is 26.4 Å². The second-order valence-corrected chi connectivity index (χ2v) is 8.17. The highest BCUT2D eigenvalue weighted by molar-refractivity contribution is 5.74. The molecule has 0 aliphatic carbocycles. The summed E-state index contributed by atoms with van der Waals surface area (Å²) in [6, 6.07) is 13.4. The predicted octanol–water partition coefficient (Wildman–Crippen LogP) is 4.33. The van der Waals surface area contributed by atoms with Gasteiger partial charge in [-0.1, -0.05) is 30.3 Å². The molecular weight excluding hydrogens is 368 g/mol. The fourth-order valence-electron chi connectivity index (χ4n) is 2.97. The summed E-state index contributed by atoms with van der Waals surface area (Å²) in [6.07, 6.45) is 0. The van der Waals surface area contributed by atoms with Crippen LogP contribution in [0, 0.1) is 0 Å². The third-order valence-corrected chi connectivity index (χ3v) is 4.53. The van der Waals surface area contributed by atoms with Crippen molar-refractivity contribution in [1.29, 1.82) is 0 Å². The van der Waals surface area contributed by atoms with E-state index < -0.39 is 0 Å². The maximum Gasteiger partial charge on any atom is 0.315 e. The van der Waals surface area contributed by atoms with E-state index in [1.54, 1.807) is 0 Å². The Bertz CT molecular complexity index is 845. The van der Waals surface area contributed by atoms with Crippen LogP contribution < -0.4 is 20.1 Å². The molecule has 1 atom stereocenters. The van der Waals surface area contributed by atoms with Gasteiger partial charge in [-0.25, -0.2) is 4.79 Å². The van der Waals surface area contributed by atoms with Crippen LogP contribution in [0.2, 0.25) is 0 Å². The Balaban J connectivity index is 1.51. The fraction of sp³-hybridized carbons (Fsp3) is 0.435. The van der Waals surface area contributed by atoms with Crippen molar-refractivity contribution in [2.24, 2.45) is 0 Å². The van der Waals surface area contributed by atoms with Crippen molar-refractivity contribution < 1.29 is 19.0 Å². The first kappa shape index (κ1) is 21.0. The minimum atomic E-state index is -0.219. The van der Waals surface area contributed by atoms with E-state index in [4.69, 9.17) is 14.2 Å². The summed E-state index contributed by atoms with van der Waals surface area (Å²) in [7, 11) is 0. The van der Waals surface area contributed by atoms with Gasteiger partial charge in [0.2, 0.25) is 0 Å². The van der Waals surface area contributed by atoms with Crippen molar-refractivity contribution in [3.8, 4) is 11.5 Å². The molecule has 0 aromatic heterocycles. The van der Waals surface area contributed by atoms with Crippen molar-refractivity contribution in [2.75, 3.05) is 13.2 Å². The number of benzene rings is 2. The molecule has 3 rings (SSSR count). The highest BCUT2D eigenvalue weighted by atomic mass is 16.6. The number of fused-ring (bicyclic) bond motifs is 1.